The highest BCUT2D eigenvalue weighted by molar-refractivity contribution is 5.82. The number of halogens is 1. The molecule has 3 rings (SSSR count). The lowest BCUT2D eigenvalue weighted by Crippen LogP contribution is -2.15. The van der Waals surface area contributed by atoms with Crippen LogP contribution >= 0.6 is 0 Å². The van der Waals surface area contributed by atoms with Crippen molar-refractivity contribution in [2.45, 2.75) is 13.0 Å². The molecule has 0 saturated carbocycles. The zero-order valence-electron chi connectivity index (χ0n) is 11.2. The van der Waals surface area contributed by atoms with Crippen LogP contribution < -0.4 is 5.73 Å². The lowest BCUT2D eigenvalue weighted by Gasteiger charge is -2.14. The Bertz CT molecular complexity index is 768. The molecule has 20 heavy (non-hydrogen) atoms. The summed E-state index contributed by atoms with van der Waals surface area (Å²) in [5.41, 5.74) is 9.31. The maximum atomic E-state index is 13.8. The third kappa shape index (κ3) is 2.17. The average Bonchev–Trinajstić information content (AvgIpc) is 2.47. The predicted molar refractivity (Wildman–Crippen MR) is 78.9 cm³/mol. The van der Waals surface area contributed by atoms with Crippen molar-refractivity contribution in [1.82, 2.24) is 4.98 Å². The Labute approximate surface area is 117 Å². The minimum absolute atomic E-state index is 0.299. The van der Waals surface area contributed by atoms with Crippen LogP contribution in [0, 0.1) is 12.7 Å². The number of hydrogen-bond acceptors (Lipinski definition) is 2. The van der Waals surface area contributed by atoms with E-state index >= 15 is 0 Å². The summed E-state index contributed by atoms with van der Waals surface area (Å²) in [5.74, 6) is -0.299. The second-order valence-corrected chi connectivity index (χ2v) is 4.88. The van der Waals surface area contributed by atoms with Gasteiger partial charge in [0.15, 0.2) is 0 Å². The van der Waals surface area contributed by atoms with Crippen LogP contribution in [0.2, 0.25) is 0 Å². The number of para-hydroxylation sites is 1. The molecule has 0 radical (unpaired) electrons. The number of aryl methyl sites for hydroxylation is 1. The molecule has 1 heterocycles. The van der Waals surface area contributed by atoms with E-state index in [-0.39, 0.29) is 5.82 Å². The summed E-state index contributed by atoms with van der Waals surface area (Å²) in [6, 6.07) is 15.8. The van der Waals surface area contributed by atoms with Crippen molar-refractivity contribution in [3.8, 4) is 0 Å². The smallest absolute Gasteiger partial charge is 0.128 e. The summed E-state index contributed by atoms with van der Waals surface area (Å²) < 4.78 is 13.8. The largest absolute Gasteiger partial charge is 0.319 e. The van der Waals surface area contributed by atoms with Crippen molar-refractivity contribution < 1.29 is 4.39 Å². The Hall–Kier alpha value is -2.26. The molecule has 100 valence electrons. The molecule has 0 aliphatic carbocycles. The maximum Gasteiger partial charge on any atom is 0.128 e. The van der Waals surface area contributed by atoms with Crippen molar-refractivity contribution >= 4 is 10.9 Å². The zero-order chi connectivity index (χ0) is 14.1. The van der Waals surface area contributed by atoms with Gasteiger partial charge in [0, 0.05) is 10.9 Å². The predicted octanol–water partition coefficient (Wildman–Crippen LogP) is 3.73. The lowest BCUT2D eigenvalue weighted by atomic mass is 10.0. The average molecular weight is 266 g/mol. The van der Waals surface area contributed by atoms with Crippen LogP contribution in [0.5, 0.6) is 0 Å². The molecule has 1 atom stereocenters. The summed E-state index contributed by atoms with van der Waals surface area (Å²) in [4.78, 5) is 4.56. The quantitative estimate of drug-likeness (QED) is 0.767. The van der Waals surface area contributed by atoms with Crippen LogP contribution in [-0.4, -0.2) is 4.98 Å². The van der Waals surface area contributed by atoms with Crippen LogP contribution in [0.4, 0.5) is 4.39 Å². The Morgan fingerprint density at radius 3 is 2.55 bits per heavy atom. The van der Waals surface area contributed by atoms with Gasteiger partial charge in [-0.2, -0.15) is 0 Å². The third-order valence-electron chi connectivity index (χ3n) is 3.50. The fraction of sp³-hybridized carbons (Fsp3) is 0.118. The van der Waals surface area contributed by atoms with Gasteiger partial charge in [0.2, 0.25) is 0 Å². The van der Waals surface area contributed by atoms with Crippen molar-refractivity contribution in [1.29, 1.82) is 0 Å². The molecular formula is C17H15FN2. The van der Waals surface area contributed by atoms with Gasteiger partial charge < -0.3 is 5.73 Å². The van der Waals surface area contributed by atoms with E-state index in [0.717, 1.165) is 16.5 Å². The number of pyridine rings is 1. The molecule has 0 amide bonds. The second-order valence-electron chi connectivity index (χ2n) is 4.88. The number of nitrogens with two attached hydrogens (primary N) is 1. The van der Waals surface area contributed by atoms with Crippen molar-refractivity contribution in [2.75, 3.05) is 0 Å². The summed E-state index contributed by atoms with van der Waals surface area (Å²) in [5, 5.41) is 1.09. The normalized spacial score (nSPS) is 12.6. The highest BCUT2D eigenvalue weighted by atomic mass is 19.1. The van der Waals surface area contributed by atoms with E-state index in [1.54, 1.807) is 18.2 Å². The molecule has 1 unspecified atom stereocenters. The van der Waals surface area contributed by atoms with Crippen LogP contribution in [0.15, 0.2) is 54.6 Å². The van der Waals surface area contributed by atoms with Crippen LogP contribution in [0.3, 0.4) is 0 Å². The SMILES string of the molecule is Cc1cc(C(N)c2ccccc2F)nc2ccccc12. The van der Waals surface area contributed by atoms with Gasteiger partial charge in [0.05, 0.1) is 17.3 Å². The van der Waals surface area contributed by atoms with Gasteiger partial charge >= 0.3 is 0 Å². The molecule has 2 aromatic carbocycles. The maximum absolute atomic E-state index is 13.8. The Kier molecular flexibility index (Phi) is 3.20. The van der Waals surface area contributed by atoms with E-state index in [1.807, 2.05) is 37.3 Å². The number of rotatable bonds is 2. The molecule has 3 heteroatoms. The molecule has 2 nitrogen and oxygen atoms in total. The minimum atomic E-state index is -0.556. The number of hydrogen-bond donors (Lipinski definition) is 1. The van der Waals surface area contributed by atoms with E-state index in [1.165, 1.54) is 6.07 Å². The van der Waals surface area contributed by atoms with Crippen molar-refractivity contribution in [3.05, 3.63) is 77.2 Å². The molecule has 0 spiro atoms. The van der Waals surface area contributed by atoms with Crippen LogP contribution in [0.25, 0.3) is 10.9 Å². The number of aromatic nitrogens is 1. The van der Waals surface area contributed by atoms with E-state index < -0.39 is 6.04 Å². The molecule has 2 N–H and O–H groups in total. The standard InChI is InChI=1S/C17H15FN2/c1-11-10-16(20-15-9-5-3-6-12(11)15)17(19)13-7-2-4-8-14(13)18/h2-10,17H,19H2,1H3. The van der Waals surface area contributed by atoms with Gasteiger partial charge in [0.1, 0.15) is 5.82 Å². The van der Waals surface area contributed by atoms with Crippen molar-refractivity contribution in [3.63, 3.8) is 0 Å². The summed E-state index contributed by atoms with van der Waals surface area (Å²) >= 11 is 0. The second kappa shape index (κ2) is 5.02. The van der Waals surface area contributed by atoms with Gasteiger partial charge in [-0.05, 0) is 30.7 Å². The molecule has 0 fully saturated rings. The molecule has 0 aliphatic heterocycles. The monoisotopic (exact) mass is 266 g/mol. The highest BCUT2D eigenvalue weighted by Gasteiger charge is 2.15. The van der Waals surface area contributed by atoms with Crippen molar-refractivity contribution in [2.24, 2.45) is 5.73 Å². The van der Waals surface area contributed by atoms with Gasteiger partial charge in [0.25, 0.3) is 0 Å². The first-order valence-electron chi connectivity index (χ1n) is 6.53. The first kappa shape index (κ1) is 12.8. The molecule has 3 aromatic rings. The summed E-state index contributed by atoms with van der Waals surface area (Å²) in [6.45, 7) is 2.02. The summed E-state index contributed by atoms with van der Waals surface area (Å²) in [7, 11) is 0. The Morgan fingerprint density at radius 1 is 1.05 bits per heavy atom. The van der Waals surface area contributed by atoms with Gasteiger partial charge in [-0.15, -0.1) is 0 Å². The van der Waals surface area contributed by atoms with E-state index in [0.29, 0.717) is 11.3 Å². The van der Waals surface area contributed by atoms with Gasteiger partial charge in [-0.25, -0.2) is 4.39 Å². The number of nitrogens with zero attached hydrogens (tertiary/aromatic N) is 1. The Morgan fingerprint density at radius 2 is 1.75 bits per heavy atom. The van der Waals surface area contributed by atoms with E-state index in [2.05, 4.69) is 4.98 Å². The number of fused-ring (bicyclic) bond motifs is 1. The van der Waals surface area contributed by atoms with Crippen LogP contribution in [0.1, 0.15) is 22.9 Å². The van der Waals surface area contributed by atoms with Crippen LogP contribution in [-0.2, 0) is 0 Å². The van der Waals surface area contributed by atoms with Gasteiger partial charge in [-0.1, -0.05) is 36.4 Å². The number of benzene rings is 2. The molecular weight excluding hydrogens is 251 g/mol. The first-order chi connectivity index (χ1) is 9.66. The highest BCUT2D eigenvalue weighted by Crippen LogP contribution is 2.25. The molecule has 0 saturated heterocycles. The lowest BCUT2D eigenvalue weighted by molar-refractivity contribution is 0.597. The molecule has 0 aliphatic rings. The zero-order valence-corrected chi connectivity index (χ0v) is 11.2. The van der Waals surface area contributed by atoms with E-state index in [9.17, 15) is 4.39 Å². The summed E-state index contributed by atoms with van der Waals surface area (Å²) in [6.07, 6.45) is 0. The van der Waals surface area contributed by atoms with E-state index in [4.69, 9.17) is 5.73 Å². The fourth-order valence-electron chi connectivity index (χ4n) is 2.42. The fourth-order valence-corrected chi connectivity index (χ4v) is 2.42. The molecule has 1 aromatic heterocycles. The van der Waals surface area contributed by atoms with Gasteiger partial charge in [-0.3, -0.25) is 4.98 Å². The molecule has 0 bridgehead atoms. The third-order valence-corrected chi connectivity index (χ3v) is 3.50. The topological polar surface area (TPSA) is 38.9 Å². The Balaban J connectivity index is 2.13. The minimum Gasteiger partial charge on any atom is -0.319 e. The first-order valence-corrected chi connectivity index (χ1v) is 6.53.